The van der Waals surface area contributed by atoms with E-state index in [0.29, 0.717) is 27.1 Å². The third kappa shape index (κ3) is 7.24. The highest BCUT2D eigenvalue weighted by Gasteiger charge is 2.36. The Labute approximate surface area is 233 Å². The molecule has 1 aliphatic rings. The lowest BCUT2D eigenvalue weighted by atomic mass is 10.1. The lowest BCUT2D eigenvalue weighted by Crippen LogP contribution is -2.44. The van der Waals surface area contributed by atoms with E-state index in [0.717, 1.165) is 17.3 Å². The van der Waals surface area contributed by atoms with E-state index in [4.69, 9.17) is 16.3 Å². The number of hydrogen-bond acceptors (Lipinski definition) is 7. The molecule has 0 spiro atoms. The van der Waals surface area contributed by atoms with Crippen LogP contribution in [-0.4, -0.2) is 50.8 Å². The van der Waals surface area contributed by atoms with E-state index in [1.54, 1.807) is 61.5 Å². The number of esters is 1. The molecule has 0 aliphatic carbocycles. The molecule has 3 aromatic rings. The summed E-state index contributed by atoms with van der Waals surface area (Å²) in [6.07, 6.45) is -0.0798. The number of amides is 2. The molecule has 1 atom stereocenters. The highest BCUT2D eigenvalue weighted by Crippen LogP contribution is 2.31. The smallest absolute Gasteiger partial charge is 0.338 e. The topological polar surface area (TPSA) is 125 Å². The summed E-state index contributed by atoms with van der Waals surface area (Å²) >= 11 is 7.13. The Morgan fingerprint density at radius 3 is 2.46 bits per heavy atom. The van der Waals surface area contributed by atoms with Crippen molar-refractivity contribution in [1.82, 2.24) is 4.90 Å². The number of rotatable bonds is 8. The number of thioether (sulfide) groups is 1. The average Bonchev–Trinajstić information content (AvgIpc) is 2.92. The molecule has 2 amide bonds. The normalized spacial score (nSPS) is 16.2. The molecular weight excluding hydrogens is 542 g/mol. The van der Waals surface area contributed by atoms with Crippen LogP contribution in [0.1, 0.15) is 39.6 Å². The number of amidine groups is 1. The van der Waals surface area contributed by atoms with Crippen molar-refractivity contribution >= 4 is 63.7 Å². The Morgan fingerprint density at radius 1 is 1.08 bits per heavy atom. The fourth-order valence-corrected chi connectivity index (χ4v) is 4.94. The van der Waals surface area contributed by atoms with Crippen LogP contribution in [0.3, 0.4) is 0 Å². The van der Waals surface area contributed by atoms with E-state index in [1.165, 1.54) is 23.1 Å². The molecule has 1 fully saturated rings. The number of nitrogens with zero attached hydrogens (tertiary/aromatic N) is 2. The predicted molar refractivity (Wildman–Crippen MR) is 150 cm³/mol. The molecule has 0 bridgehead atoms. The van der Waals surface area contributed by atoms with Gasteiger partial charge in [0.1, 0.15) is 5.25 Å². The molecule has 3 aromatic carbocycles. The Hall–Kier alpha value is -4.15. The van der Waals surface area contributed by atoms with Crippen molar-refractivity contribution in [3.63, 3.8) is 0 Å². The fourth-order valence-electron chi connectivity index (χ4n) is 3.72. The molecule has 1 unspecified atom stereocenters. The van der Waals surface area contributed by atoms with Gasteiger partial charge in [-0.25, -0.2) is 14.6 Å². The fraction of sp³-hybridized carbons (Fsp3) is 0.179. The first-order chi connectivity index (χ1) is 18.7. The molecule has 1 aliphatic heterocycles. The number of nitrogens with one attached hydrogen (secondary N) is 1. The molecule has 9 nitrogen and oxygen atoms in total. The van der Waals surface area contributed by atoms with E-state index in [2.05, 4.69) is 10.3 Å². The van der Waals surface area contributed by atoms with Crippen LogP contribution in [0.25, 0.3) is 0 Å². The second-order valence-corrected chi connectivity index (χ2v) is 10.1. The maximum Gasteiger partial charge on any atom is 0.338 e. The number of carbonyl (C=O) groups excluding carboxylic acids is 3. The summed E-state index contributed by atoms with van der Waals surface area (Å²) in [6.45, 7) is 2.20. The molecular formula is C28H24ClN3O6S. The van der Waals surface area contributed by atoms with Gasteiger partial charge in [0.05, 0.1) is 30.0 Å². The number of hydrogen-bond donors (Lipinski definition) is 2. The highest BCUT2D eigenvalue weighted by molar-refractivity contribution is 8.15. The number of carbonyl (C=O) groups is 4. The lowest BCUT2D eigenvalue weighted by Gasteiger charge is -2.32. The number of carboxylic acid groups (broad SMARTS) is 1. The van der Waals surface area contributed by atoms with Crippen LogP contribution in [0.4, 0.5) is 11.4 Å². The van der Waals surface area contributed by atoms with Crippen LogP contribution >= 0.6 is 23.4 Å². The molecule has 0 radical (unpaired) electrons. The minimum Gasteiger partial charge on any atom is -0.478 e. The Kier molecular flexibility index (Phi) is 9.00. The number of carboxylic acids is 1. The van der Waals surface area contributed by atoms with Crippen LogP contribution in [0.15, 0.2) is 77.8 Å². The van der Waals surface area contributed by atoms with Crippen molar-refractivity contribution in [2.75, 3.05) is 11.9 Å². The van der Waals surface area contributed by atoms with Gasteiger partial charge in [-0.1, -0.05) is 41.6 Å². The summed E-state index contributed by atoms with van der Waals surface area (Å²) in [7, 11) is 0. The van der Waals surface area contributed by atoms with E-state index < -0.39 is 23.1 Å². The van der Waals surface area contributed by atoms with Crippen LogP contribution in [0.2, 0.25) is 5.02 Å². The zero-order valence-corrected chi connectivity index (χ0v) is 22.4. The van der Waals surface area contributed by atoms with Gasteiger partial charge in [0.2, 0.25) is 11.8 Å². The van der Waals surface area contributed by atoms with Gasteiger partial charge in [-0.05, 0) is 67.1 Å². The average molecular weight is 566 g/mol. The van der Waals surface area contributed by atoms with Crippen LogP contribution < -0.4 is 5.32 Å². The van der Waals surface area contributed by atoms with Crippen molar-refractivity contribution < 1.29 is 29.0 Å². The Balaban J connectivity index is 1.60. The molecule has 200 valence electrons. The Morgan fingerprint density at radius 2 is 1.79 bits per heavy atom. The van der Waals surface area contributed by atoms with Crippen molar-refractivity contribution in [2.24, 2.45) is 4.99 Å². The van der Waals surface area contributed by atoms with Crippen molar-refractivity contribution in [3.8, 4) is 0 Å². The summed E-state index contributed by atoms with van der Waals surface area (Å²) in [4.78, 5) is 55.8. The summed E-state index contributed by atoms with van der Waals surface area (Å²) in [6, 6.07) is 19.4. The van der Waals surface area contributed by atoms with Crippen LogP contribution in [-0.2, 0) is 20.9 Å². The molecule has 0 aromatic heterocycles. The van der Waals surface area contributed by atoms with Gasteiger partial charge in [-0.2, -0.15) is 0 Å². The summed E-state index contributed by atoms with van der Waals surface area (Å²) in [5, 5.41) is 12.0. The van der Waals surface area contributed by atoms with Gasteiger partial charge < -0.3 is 15.2 Å². The third-order valence-corrected chi connectivity index (χ3v) is 7.11. The van der Waals surface area contributed by atoms with E-state index >= 15 is 0 Å². The maximum absolute atomic E-state index is 13.3. The quantitative estimate of drug-likeness (QED) is 0.351. The van der Waals surface area contributed by atoms with Crippen LogP contribution in [0.5, 0.6) is 0 Å². The molecule has 39 heavy (non-hydrogen) atoms. The van der Waals surface area contributed by atoms with E-state index in [1.807, 2.05) is 0 Å². The highest BCUT2D eigenvalue weighted by atomic mass is 35.5. The van der Waals surface area contributed by atoms with Gasteiger partial charge in [-0.3, -0.25) is 14.5 Å². The standard InChI is InChI=1S/C28H24ClN3O6S/c1-2-38-27(37)18-8-12-21(13-9-18)31-28-32(16-17-6-10-20(29)11-7-17)24(33)15-23(39-28)25(34)30-22-5-3-4-19(14-22)26(35)36/h3-14,23H,2,15-16H2,1H3,(H,30,34)(H,35,36). The molecule has 11 heteroatoms. The first-order valence-electron chi connectivity index (χ1n) is 11.9. The zero-order chi connectivity index (χ0) is 27.9. The number of anilines is 1. The molecule has 0 saturated carbocycles. The van der Waals surface area contributed by atoms with E-state index in [-0.39, 0.29) is 31.0 Å². The minimum atomic E-state index is -1.12. The number of ether oxygens (including phenoxy) is 1. The summed E-state index contributed by atoms with van der Waals surface area (Å²) in [5.41, 5.74) is 2.02. The Bertz CT molecular complexity index is 1430. The largest absolute Gasteiger partial charge is 0.478 e. The van der Waals surface area contributed by atoms with E-state index in [9.17, 15) is 24.3 Å². The number of halogens is 1. The van der Waals surface area contributed by atoms with Crippen molar-refractivity contribution in [3.05, 3.63) is 94.5 Å². The maximum atomic E-state index is 13.3. The number of aliphatic imine (C=N–C) groups is 1. The summed E-state index contributed by atoms with van der Waals surface area (Å²) < 4.78 is 5.02. The van der Waals surface area contributed by atoms with Crippen molar-refractivity contribution in [1.29, 1.82) is 0 Å². The SMILES string of the molecule is CCOC(=O)c1ccc(N=C2SC(C(=O)Nc3cccc(C(=O)O)c3)CC(=O)N2Cc2ccc(Cl)cc2)cc1. The van der Waals surface area contributed by atoms with Gasteiger partial charge in [0.15, 0.2) is 5.17 Å². The first kappa shape index (κ1) is 27.9. The second-order valence-electron chi connectivity index (χ2n) is 8.45. The predicted octanol–water partition coefficient (Wildman–Crippen LogP) is 5.38. The first-order valence-corrected chi connectivity index (χ1v) is 13.2. The molecule has 4 rings (SSSR count). The van der Waals surface area contributed by atoms with Gasteiger partial charge in [0, 0.05) is 17.1 Å². The zero-order valence-electron chi connectivity index (χ0n) is 20.8. The minimum absolute atomic E-state index is 0.0304. The lowest BCUT2D eigenvalue weighted by molar-refractivity contribution is -0.129. The number of aromatic carboxylic acids is 1. The van der Waals surface area contributed by atoms with Gasteiger partial charge >= 0.3 is 11.9 Å². The molecule has 1 heterocycles. The van der Waals surface area contributed by atoms with Crippen molar-refractivity contribution in [2.45, 2.75) is 25.1 Å². The van der Waals surface area contributed by atoms with Crippen LogP contribution in [0, 0.1) is 0 Å². The second kappa shape index (κ2) is 12.6. The molecule has 2 N–H and O–H groups in total. The summed E-state index contributed by atoms with van der Waals surface area (Å²) in [5.74, 6) is -2.32. The molecule has 1 saturated heterocycles. The number of benzene rings is 3. The third-order valence-electron chi connectivity index (χ3n) is 5.67. The van der Waals surface area contributed by atoms with Gasteiger partial charge in [0.25, 0.3) is 0 Å². The van der Waals surface area contributed by atoms with Gasteiger partial charge in [-0.15, -0.1) is 0 Å². The monoisotopic (exact) mass is 565 g/mol.